The Kier molecular flexibility index (Phi) is 4.95. The molecule has 0 heterocycles. The van der Waals surface area contributed by atoms with Crippen molar-refractivity contribution in [2.75, 3.05) is 5.75 Å². The predicted molar refractivity (Wildman–Crippen MR) is 43.5 cm³/mol. The Morgan fingerprint density at radius 3 is 2.14 bits per heavy atom. The molecular formula is C8H7O4SZn+. The number of aliphatic carboxylic acids is 1. The van der Waals surface area contributed by atoms with E-state index < -0.39 is 21.6 Å². The molecule has 4 nitrogen and oxygen atoms in total. The van der Waals surface area contributed by atoms with E-state index in [4.69, 9.17) is 0 Å². The van der Waals surface area contributed by atoms with Gasteiger partial charge in [-0.15, -0.1) is 0 Å². The summed E-state index contributed by atoms with van der Waals surface area (Å²) in [5.74, 6) is -2.57. The summed E-state index contributed by atoms with van der Waals surface area (Å²) in [6, 6.07) is 7.40. The summed E-state index contributed by atoms with van der Waals surface area (Å²) in [5.41, 5.74) is 0. The van der Waals surface area contributed by atoms with Crippen molar-refractivity contribution in [2.45, 2.75) is 4.90 Å². The second-order valence-electron chi connectivity index (χ2n) is 2.44. The van der Waals surface area contributed by atoms with Gasteiger partial charge in [-0.2, -0.15) is 0 Å². The van der Waals surface area contributed by atoms with Crippen molar-refractivity contribution in [1.29, 1.82) is 0 Å². The molecule has 1 aromatic rings. The number of carbonyl (C=O) groups is 1. The first-order valence-electron chi connectivity index (χ1n) is 3.50. The third-order valence-corrected chi connectivity index (χ3v) is 3.02. The Morgan fingerprint density at radius 2 is 1.71 bits per heavy atom. The molecule has 0 spiro atoms. The van der Waals surface area contributed by atoms with E-state index in [1.807, 2.05) is 0 Å². The summed E-state index contributed by atoms with van der Waals surface area (Å²) < 4.78 is 22.4. The van der Waals surface area contributed by atoms with Crippen LogP contribution in [0, 0.1) is 0 Å². The maximum Gasteiger partial charge on any atom is 2.00 e. The van der Waals surface area contributed by atoms with E-state index in [0.29, 0.717) is 0 Å². The van der Waals surface area contributed by atoms with Crippen molar-refractivity contribution in [3.8, 4) is 0 Å². The molecule has 0 aliphatic rings. The van der Waals surface area contributed by atoms with Crippen LogP contribution in [0.3, 0.4) is 0 Å². The zero-order chi connectivity index (χ0) is 9.90. The maximum absolute atomic E-state index is 11.2. The fraction of sp³-hybridized carbons (Fsp3) is 0.125. The van der Waals surface area contributed by atoms with E-state index >= 15 is 0 Å². The minimum atomic E-state index is -3.72. The van der Waals surface area contributed by atoms with Gasteiger partial charge in [0.05, 0.1) is 16.6 Å². The van der Waals surface area contributed by atoms with Crippen LogP contribution in [0.15, 0.2) is 35.2 Å². The Bertz CT molecular complexity index is 399. The first kappa shape index (κ1) is 13.3. The van der Waals surface area contributed by atoms with Crippen LogP contribution >= 0.6 is 0 Å². The number of carbonyl (C=O) groups excluding carboxylic acids is 1. The molecule has 0 N–H and O–H groups in total. The molecule has 0 atom stereocenters. The van der Waals surface area contributed by atoms with Crippen molar-refractivity contribution < 1.29 is 37.8 Å². The van der Waals surface area contributed by atoms with Gasteiger partial charge in [0, 0.05) is 0 Å². The van der Waals surface area contributed by atoms with Gasteiger partial charge in [-0.25, -0.2) is 8.42 Å². The Morgan fingerprint density at radius 1 is 1.21 bits per heavy atom. The number of carboxylic acids is 1. The fourth-order valence-corrected chi connectivity index (χ4v) is 1.92. The molecule has 0 fully saturated rings. The van der Waals surface area contributed by atoms with E-state index in [9.17, 15) is 18.3 Å². The second kappa shape index (κ2) is 5.22. The number of sulfone groups is 1. The van der Waals surface area contributed by atoms with Crippen LogP contribution in [0.4, 0.5) is 0 Å². The first-order chi connectivity index (χ1) is 6.02. The largest absolute Gasteiger partial charge is 2.00 e. The van der Waals surface area contributed by atoms with E-state index in [0.717, 1.165) is 0 Å². The van der Waals surface area contributed by atoms with E-state index in [-0.39, 0.29) is 24.4 Å². The molecule has 0 aliphatic heterocycles. The molecule has 0 aromatic heterocycles. The van der Waals surface area contributed by atoms with Gasteiger partial charge in [0.2, 0.25) is 0 Å². The topological polar surface area (TPSA) is 74.3 Å². The van der Waals surface area contributed by atoms with E-state index in [1.54, 1.807) is 6.07 Å². The molecule has 0 saturated carbocycles. The maximum atomic E-state index is 11.2. The average molecular weight is 265 g/mol. The molecule has 0 saturated heterocycles. The summed E-state index contributed by atoms with van der Waals surface area (Å²) in [5, 5.41) is 10.1. The molecule has 14 heavy (non-hydrogen) atoms. The zero-order valence-electron chi connectivity index (χ0n) is 7.34. The molecule has 0 unspecified atom stereocenters. The quantitative estimate of drug-likeness (QED) is 0.671. The van der Waals surface area contributed by atoms with Crippen LogP contribution in [0.1, 0.15) is 0 Å². The zero-order valence-corrected chi connectivity index (χ0v) is 11.1. The third-order valence-electron chi connectivity index (χ3n) is 1.41. The van der Waals surface area contributed by atoms with E-state index in [2.05, 4.69) is 0 Å². The summed E-state index contributed by atoms with van der Waals surface area (Å²) >= 11 is 0. The van der Waals surface area contributed by atoms with Crippen molar-refractivity contribution in [3.05, 3.63) is 30.3 Å². The van der Waals surface area contributed by atoms with Crippen LogP contribution < -0.4 is 5.11 Å². The number of rotatable bonds is 3. The van der Waals surface area contributed by atoms with E-state index in [1.165, 1.54) is 24.3 Å². The fourth-order valence-electron chi connectivity index (χ4n) is 0.866. The third kappa shape index (κ3) is 3.56. The van der Waals surface area contributed by atoms with Gasteiger partial charge < -0.3 is 9.90 Å². The number of hydrogen-bond donors (Lipinski definition) is 0. The van der Waals surface area contributed by atoms with Gasteiger partial charge in [0.15, 0.2) is 9.84 Å². The van der Waals surface area contributed by atoms with Gasteiger partial charge in [-0.05, 0) is 12.1 Å². The second-order valence-corrected chi connectivity index (χ2v) is 4.43. The normalized spacial score (nSPS) is 10.3. The molecule has 0 aliphatic carbocycles. The molecule has 1 aromatic carbocycles. The number of carboxylic acid groups (broad SMARTS) is 1. The van der Waals surface area contributed by atoms with Crippen LogP contribution in [0.5, 0.6) is 0 Å². The van der Waals surface area contributed by atoms with Gasteiger partial charge in [0.25, 0.3) is 0 Å². The van der Waals surface area contributed by atoms with Gasteiger partial charge in [-0.1, -0.05) is 18.2 Å². The van der Waals surface area contributed by atoms with Crippen molar-refractivity contribution in [2.24, 2.45) is 0 Å². The SMILES string of the molecule is O=C([O-])CS(=O)(=O)c1ccccc1.[Zn+2]. The molecular weight excluding hydrogens is 258 g/mol. The standard InChI is InChI=1S/C8H8O4S.Zn/c9-8(10)6-13(11,12)7-4-2-1-3-5-7;/h1-5H,6H2,(H,9,10);/q;+2/p-1. The molecule has 0 bridgehead atoms. The summed E-state index contributed by atoms with van der Waals surface area (Å²) in [7, 11) is -3.72. The Labute approximate surface area is 94.6 Å². The van der Waals surface area contributed by atoms with Gasteiger partial charge in [0.1, 0.15) is 0 Å². The molecule has 0 amide bonds. The summed E-state index contributed by atoms with van der Waals surface area (Å²) in [4.78, 5) is 10.1. The summed E-state index contributed by atoms with van der Waals surface area (Å²) in [6.07, 6.45) is 0. The minimum absolute atomic E-state index is 0. The number of benzene rings is 1. The Hall–Kier alpha value is -0.737. The van der Waals surface area contributed by atoms with Crippen LogP contribution in [-0.4, -0.2) is 20.1 Å². The van der Waals surface area contributed by atoms with Crippen molar-refractivity contribution in [1.82, 2.24) is 0 Å². The smallest absolute Gasteiger partial charge is 0.549 e. The van der Waals surface area contributed by atoms with Crippen molar-refractivity contribution in [3.63, 3.8) is 0 Å². The monoisotopic (exact) mass is 263 g/mol. The van der Waals surface area contributed by atoms with Crippen LogP contribution in [-0.2, 0) is 34.1 Å². The van der Waals surface area contributed by atoms with Crippen LogP contribution in [0.25, 0.3) is 0 Å². The molecule has 6 heteroatoms. The molecule has 0 radical (unpaired) electrons. The van der Waals surface area contributed by atoms with Gasteiger partial charge >= 0.3 is 19.5 Å². The molecule has 70 valence electrons. The average Bonchev–Trinajstić information content (AvgIpc) is 2.04. The Balaban J connectivity index is 0.00000169. The van der Waals surface area contributed by atoms with Crippen molar-refractivity contribution >= 4 is 15.8 Å². The first-order valence-corrected chi connectivity index (χ1v) is 5.15. The van der Waals surface area contributed by atoms with Crippen LogP contribution in [0.2, 0.25) is 0 Å². The number of hydrogen-bond acceptors (Lipinski definition) is 4. The van der Waals surface area contributed by atoms with Gasteiger partial charge in [-0.3, -0.25) is 0 Å². The predicted octanol–water partition coefficient (Wildman–Crippen LogP) is -0.792. The summed E-state index contributed by atoms with van der Waals surface area (Å²) in [6.45, 7) is 0. The molecule has 1 rings (SSSR count). The minimum Gasteiger partial charge on any atom is -0.549 e.